The fourth-order valence-electron chi connectivity index (χ4n) is 5.53. The first-order valence-corrected chi connectivity index (χ1v) is 14.7. The molecule has 5 aromatic rings. The Morgan fingerprint density at radius 3 is 2.52 bits per heavy atom. The summed E-state index contributed by atoms with van der Waals surface area (Å²) in [5, 5.41) is 1.43. The van der Waals surface area contributed by atoms with Crippen molar-refractivity contribution in [3.05, 3.63) is 137 Å². The molecule has 3 aromatic carbocycles. The number of thiazole rings is 1. The summed E-state index contributed by atoms with van der Waals surface area (Å²) >= 11 is 7.90. The molecule has 0 spiro atoms. The lowest BCUT2D eigenvalue weighted by molar-refractivity contribution is -0.139. The number of benzene rings is 3. The Morgan fingerprint density at radius 2 is 1.79 bits per heavy atom. The Labute approximate surface area is 250 Å². The highest BCUT2D eigenvalue weighted by Crippen LogP contribution is 2.34. The molecule has 3 heterocycles. The first-order chi connectivity index (χ1) is 20.3. The standard InChI is InChI=1S/C33H27ClFN3O3S/c1-4-41-32(40)29-19(2)36-33-38(30(29)24-10-5-7-11-26(24)34)31(39)28(42-33)17-25-20(3)37(27-12-8-6-9-23(25)27)18-21-13-15-22(35)16-14-21/h5-17,30H,4,18H2,1-3H3/b28-17-/t30-/m1/s1. The first-order valence-electron chi connectivity index (χ1n) is 13.5. The number of carbonyl (C=O) groups is 1. The van der Waals surface area contributed by atoms with Crippen LogP contribution in [0.2, 0.25) is 5.02 Å². The number of ether oxygens (including phenoxy) is 1. The highest BCUT2D eigenvalue weighted by molar-refractivity contribution is 7.07. The van der Waals surface area contributed by atoms with Gasteiger partial charge in [-0.3, -0.25) is 9.36 Å². The third kappa shape index (κ3) is 4.80. The number of nitrogens with zero attached hydrogens (tertiary/aromatic N) is 3. The van der Waals surface area contributed by atoms with Gasteiger partial charge in [0.15, 0.2) is 4.80 Å². The number of rotatable bonds is 6. The maximum atomic E-state index is 14.1. The molecule has 0 aliphatic carbocycles. The van der Waals surface area contributed by atoms with Gasteiger partial charge < -0.3 is 9.30 Å². The van der Waals surface area contributed by atoms with Crippen molar-refractivity contribution in [3.8, 4) is 0 Å². The molecule has 212 valence electrons. The number of fused-ring (bicyclic) bond motifs is 2. The van der Waals surface area contributed by atoms with Gasteiger partial charge in [-0.15, -0.1) is 0 Å². The van der Waals surface area contributed by atoms with E-state index >= 15 is 0 Å². The van der Waals surface area contributed by atoms with Gasteiger partial charge in [0.1, 0.15) is 11.9 Å². The first kappa shape index (κ1) is 27.9. The minimum atomic E-state index is -0.780. The highest BCUT2D eigenvalue weighted by atomic mass is 35.5. The lowest BCUT2D eigenvalue weighted by Gasteiger charge is -2.25. The van der Waals surface area contributed by atoms with Gasteiger partial charge in [-0.1, -0.05) is 71.5 Å². The second-order valence-corrected chi connectivity index (χ2v) is 11.5. The Kier molecular flexibility index (Phi) is 7.43. The molecule has 0 bridgehead atoms. The van der Waals surface area contributed by atoms with Gasteiger partial charge in [-0.25, -0.2) is 14.2 Å². The van der Waals surface area contributed by atoms with Crippen LogP contribution in [-0.4, -0.2) is 21.7 Å². The number of esters is 1. The van der Waals surface area contributed by atoms with Gasteiger partial charge in [-0.05, 0) is 62.2 Å². The molecule has 9 heteroatoms. The van der Waals surface area contributed by atoms with Crippen molar-refractivity contribution >= 4 is 45.9 Å². The molecule has 1 atom stereocenters. The van der Waals surface area contributed by atoms with Crippen molar-refractivity contribution in [2.45, 2.75) is 33.4 Å². The molecule has 1 aliphatic rings. The molecule has 0 fully saturated rings. The lowest BCUT2D eigenvalue weighted by atomic mass is 9.96. The van der Waals surface area contributed by atoms with Crippen LogP contribution >= 0.6 is 22.9 Å². The van der Waals surface area contributed by atoms with Crippen molar-refractivity contribution in [1.82, 2.24) is 9.13 Å². The van der Waals surface area contributed by atoms with E-state index in [1.807, 2.05) is 49.4 Å². The average molecular weight is 600 g/mol. The molecule has 6 nitrogen and oxygen atoms in total. The molecule has 0 unspecified atom stereocenters. The fraction of sp³-hybridized carbons (Fsp3) is 0.182. The predicted molar refractivity (Wildman–Crippen MR) is 164 cm³/mol. The van der Waals surface area contributed by atoms with Crippen LogP contribution < -0.4 is 14.9 Å². The lowest BCUT2D eigenvalue weighted by Crippen LogP contribution is -2.40. The van der Waals surface area contributed by atoms with Gasteiger partial charge in [0.25, 0.3) is 5.56 Å². The number of carbonyl (C=O) groups excluding carboxylic acids is 1. The number of hydrogen-bond acceptors (Lipinski definition) is 5. The van der Waals surface area contributed by atoms with E-state index in [0.29, 0.717) is 32.2 Å². The smallest absolute Gasteiger partial charge is 0.338 e. The second kappa shape index (κ2) is 11.2. The van der Waals surface area contributed by atoms with Gasteiger partial charge in [-0.2, -0.15) is 0 Å². The third-order valence-corrected chi connectivity index (χ3v) is 8.85. The summed E-state index contributed by atoms with van der Waals surface area (Å²) in [5.41, 5.74) is 4.98. The SMILES string of the molecule is CCOC(=O)C1=C(C)N=c2s/c(=C\c3c(C)n(Cc4ccc(F)cc4)c4ccccc34)c(=O)n2[C@@H]1c1ccccc1Cl. The topological polar surface area (TPSA) is 65.6 Å². The van der Waals surface area contributed by atoms with Crippen LogP contribution in [0.5, 0.6) is 0 Å². The Hall–Kier alpha value is -4.27. The van der Waals surface area contributed by atoms with Crippen molar-refractivity contribution < 1.29 is 13.9 Å². The van der Waals surface area contributed by atoms with Gasteiger partial charge in [0, 0.05) is 33.7 Å². The van der Waals surface area contributed by atoms with Crippen molar-refractivity contribution in [2.24, 2.45) is 4.99 Å². The number of aromatic nitrogens is 2. The summed E-state index contributed by atoms with van der Waals surface area (Å²) in [6.07, 6.45) is 1.90. The summed E-state index contributed by atoms with van der Waals surface area (Å²) in [6, 6.07) is 20.9. The molecule has 1 aliphatic heterocycles. The monoisotopic (exact) mass is 599 g/mol. The van der Waals surface area contributed by atoms with Crippen LogP contribution in [0.3, 0.4) is 0 Å². The van der Waals surface area contributed by atoms with Crippen molar-refractivity contribution in [3.63, 3.8) is 0 Å². The maximum absolute atomic E-state index is 14.1. The van der Waals surface area contributed by atoms with Crippen molar-refractivity contribution in [1.29, 1.82) is 0 Å². The van der Waals surface area contributed by atoms with Crippen LogP contribution in [-0.2, 0) is 16.1 Å². The Bertz CT molecular complexity index is 2070. The van der Waals surface area contributed by atoms with Crippen LogP contribution in [0.25, 0.3) is 17.0 Å². The average Bonchev–Trinajstić information content (AvgIpc) is 3.42. The normalized spacial score (nSPS) is 15.2. The number of hydrogen-bond donors (Lipinski definition) is 0. The van der Waals surface area contributed by atoms with E-state index in [1.165, 1.54) is 23.5 Å². The number of halogens is 2. The van der Waals surface area contributed by atoms with Gasteiger partial charge >= 0.3 is 5.97 Å². The zero-order chi connectivity index (χ0) is 29.5. The maximum Gasteiger partial charge on any atom is 0.338 e. The van der Waals surface area contributed by atoms with E-state index in [2.05, 4.69) is 9.56 Å². The highest BCUT2D eigenvalue weighted by Gasteiger charge is 2.34. The second-order valence-electron chi connectivity index (χ2n) is 10.1. The quantitative estimate of drug-likeness (QED) is 0.228. The molecule has 0 saturated heterocycles. The van der Waals surface area contributed by atoms with E-state index in [4.69, 9.17) is 16.3 Å². The van der Waals surface area contributed by atoms with Crippen LogP contribution in [0, 0.1) is 12.7 Å². The summed E-state index contributed by atoms with van der Waals surface area (Å²) in [4.78, 5) is 32.5. The van der Waals surface area contributed by atoms with E-state index < -0.39 is 12.0 Å². The van der Waals surface area contributed by atoms with Crippen LogP contribution in [0.15, 0.2) is 93.9 Å². The van der Waals surface area contributed by atoms with E-state index in [9.17, 15) is 14.0 Å². The largest absolute Gasteiger partial charge is 0.463 e. The molecule has 0 radical (unpaired) electrons. The van der Waals surface area contributed by atoms with E-state index in [0.717, 1.165) is 27.7 Å². The summed E-state index contributed by atoms with van der Waals surface area (Å²) in [5.74, 6) is -0.807. The third-order valence-electron chi connectivity index (χ3n) is 7.53. The molecular formula is C33H27ClFN3O3S. The summed E-state index contributed by atoms with van der Waals surface area (Å²) < 4.78 is 23.1. The molecule has 2 aromatic heterocycles. The molecule has 0 amide bonds. The number of allylic oxidation sites excluding steroid dienone is 1. The zero-order valence-corrected chi connectivity index (χ0v) is 24.8. The molecular weight excluding hydrogens is 573 g/mol. The molecule has 0 saturated carbocycles. The predicted octanol–water partition coefficient (Wildman–Crippen LogP) is 5.90. The number of para-hydroxylation sites is 1. The van der Waals surface area contributed by atoms with Crippen LogP contribution in [0.4, 0.5) is 4.39 Å². The van der Waals surface area contributed by atoms with Gasteiger partial charge in [0.05, 0.1) is 22.4 Å². The molecule has 6 rings (SSSR count). The summed E-state index contributed by atoms with van der Waals surface area (Å²) in [6.45, 7) is 6.25. The van der Waals surface area contributed by atoms with E-state index in [-0.39, 0.29) is 23.6 Å². The van der Waals surface area contributed by atoms with Crippen LogP contribution in [0.1, 0.15) is 42.3 Å². The Morgan fingerprint density at radius 1 is 1.07 bits per heavy atom. The molecule has 0 N–H and O–H groups in total. The van der Waals surface area contributed by atoms with E-state index in [1.54, 1.807) is 42.7 Å². The molecule has 42 heavy (non-hydrogen) atoms. The minimum Gasteiger partial charge on any atom is -0.463 e. The van der Waals surface area contributed by atoms with Crippen molar-refractivity contribution in [2.75, 3.05) is 6.61 Å². The minimum absolute atomic E-state index is 0.191. The Balaban J connectivity index is 1.55. The zero-order valence-electron chi connectivity index (χ0n) is 23.2. The fourth-order valence-corrected chi connectivity index (χ4v) is 6.80. The summed E-state index contributed by atoms with van der Waals surface area (Å²) in [7, 11) is 0. The van der Waals surface area contributed by atoms with Gasteiger partial charge in [0.2, 0.25) is 0 Å².